The third kappa shape index (κ3) is 4.39. The molecule has 1 fully saturated rings. The van der Waals surface area contributed by atoms with Crippen molar-refractivity contribution >= 4 is 17.5 Å². The number of piperidine rings is 1. The van der Waals surface area contributed by atoms with Crippen LogP contribution in [0.2, 0.25) is 0 Å². The van der Waals surface area contributed by atoms with E-state index in [1.807, 2.05) is 17.0 Å². The number of alkyl halides is 1. The van der Waals surface area contributed by atoms with Crippen LogP contribution >= 0.6 is 11.6 Å². The van der Waals surface area contributed by atoms with Crippen molar-refractivity contribution in [3.63, 3.8) is 0 Å². The van der Waals surface area contributed by atoms with Crippen LogP contribution in [0.15, 0.2) is 24.5 Å². The van der Waals surface area contributed by atoms with Crippen LogP contribution in [0.3, 0.4) is 0 Å². The van der Waals surface area contributed by atoms with E-state index in [2.05, 4.69) is 4.98 Å². The summed E-state index contributed by atoms with van der Waals surface area (Å²) in [6.07, 6.45) is 6.75. The largest absolute Gasteiger partial charge is 0.488 e. The Hall–Kier alpha value is -1.29. The van der Waals surface area contributed by atoms with Gasteiger partial charge in [-0.2, -0.15) is 0 Å². The van der Waals surface area contributed by atoms with Crippen LogP contribution in [0.4, 0.5) is 0 Å². The number of carbonyl (C=O) groups is 1. The van der Waals surface area contributed by atoms with Gasteiger partial charge in [-0.25, -0.2) is 0 Å². The lowest BCUT2D eigenvalue weighted by Crippen LogP contribution is -2.44. The van der Waals surface area contributed by atoms with E-state index in [1.165, 1.54) is 0 Å². The van der Waals surface area contributed by atoms with Crippen molar-refractivity contribution in [2.24, 2.45) is 0 Å². The van der Waals surface area contributed by atoms with Crippen molar-refractivity contribution in [2.45, 2.75) is 31.8 Å². The first-order valence-corrected chi connectivity index (χ1v) is 7.23. The Kier molecular flexibility index (Phi) is 5.45. The predicted octanol–water partition coefficient (Wildman–Crippen LogP) is 2.47. The van der Waals surface area contributed by atoms with E-state index in [0.29, 0.717) is 18.8 Å². The van der Waals surface area contributed by atoms with E-state index in [9.17, 15) is 4.79 Å². The van der Waals surface area contributed by atoms with Gasteiger partial charge in [0.1, 0.15) is 11.9 Å². The smallest absolute Gasteiger partial charge is 0.222 e. The lowest BCUT2D eigenvalue weighted by atomic mass is 10.1. The minimum absolute atomic E-state index is 0.0797. The summed E-state index contributed by atoms with van der Waals surface area (Å²) in [6, 6.07) is 3.68. The summed E-state index contributed by atoms with van der Waals surface area (Å²) in [5.41, 5.74) is 0. The van der Waals surface area contributed by atoms with Gasteiger partial charge in [-0.1, -0.05) is 0 Å². The molecule has 0 radical (unpaired) electrons. The first-order chi connectivity index (χ1) is 9.29. The topological polar surface area (TPSA) is 42.4 Å². The Bertz CT molecular complexity index is 400. The maximum atomic E-state index is 12.0. The quantitative estimate of drug-likeness (QED) is 0.779. The summed E-state index contributed by atoms with van der Waals surface area (Å²) in [6.45, 7) is 1.50. The minimum Gasteiger partial charge on any atom is -0.488 e. The van der Waals surface area contributed by atoms with Crippen molar-refractivity contribution in [2.75, 3.05) is 19.0 Å². The maximum Gasteiger partial charge on any atom is 0.222 e. The van der Waals surface area contributed by atoms with E-state index in [0.717, 1.165) is 31.6 Å². The van der Waals surface area contributed by atoms with Crippen molar-refractivity contribution in [1.29, 1.82) is 0 Å². The first kappa shape index (κ1) is 14.1. The average molecular weight is 283 g/mol. The molecule has 2 heterocycles. The number of rotatable bonds is 5. The monoisotopic (exact) mass is 282 g/mol. The first-order valence-electron chi connectivity index (χ1n) is 6.70. The van der Waals surface area contributed by atoms with Gasteiger partial charge in [-0.3, -0.25) is 9.78 Å². The Balaban J connectivity index is 1.85. The van der Waals surface area contributed by atoms with Crippen LogP contribution in [0.1, 0.15) is 25.7 Å². The van der Waals surface area contributed by atoms with Crippen LogP contribution in [-0.4, -0.2) is 40.9 Å². The molecule has 1 aromatic rings. The Labute approximate surface area is 118 Å². The summed E-state index contributed by atoms with van der Waals surface area (Å²) >= 11 is 5.62. The fourth-order valence-electron chi connectivity index (χ4n) is 2.25. The molecule has 1 amide bonds. The summed E-state index contributed by atoms with van der Waals surface area (Å²) in [7, 11) is 0. The standard InChI is InChI=1S/C14H19ClN2O2/c15-7-1-4-14(18)17-10-2-3-13(11-17)19-12-5-8-16-9-6-12/h5-6,8-9,13H,1-4,7,10-11H2. The molecule has 1 aromatic heterocycles. The molecular weight excluding hydrogens is 264 g/mol. The second kappa shape index (κ2) is 7.34. The highest BCUT2D eigenvalue weighted by Gasteiger charge is 2.24. The summed E-state index contributed by atoms with van der Waals surface area (Å²) in [5.74, 6) is 1.54. The number of likely N-dealkylation sites (tertiary alicyclic amines) is 1. The normalized spacial score (nSPS) is 19.2. The summed E-state index contributed by atoms with van der Waals surface area (Å²) in [4.78, 5) is 17.8. The molecule has 1 saturated heterocycles. The van der Waals surface area contributed by atoms with Gasteiger partial charge in [0.25, 0.3) is 0 Å². The molecule has 0 saturated carbocycles. The molecule has 0 bridgehead atoms. The van der Waals surface area contributed by atoms with Crippen LogP contribution in [-0.2, 0) is 4.79 Å². The molecule has 104 valence electrons. The zero-order valence-corrected chi connectivity index (χ0v) is 11.7. The zero-order chi connectivity index (χ0) is 13.5. The van der Waals surface area contributed by atoms with Crippen molar-refractivity contribution in [3.05, 3.63) is 24.5 Å². The van der Waals surface area contributed by atoms with Gasteiger partial charge in [0, 0.05) is 31.2 Å². The molecular formula is C14H19ClN2O2. The number of aromatic nitrogens is 1. The number of nitrogens with zero attached hydrogens (tertiary/aromatic N) is 2. The summed E-state index contributed by atoms with van der Waals surface area (Å²) in [5, 5.41) is 0. The van der Waals surface area contributed by atoms with Crippen LogP contribution in [0.5, 0.6) is 5.75 Å². The van der Waals surface area contributed by atoms with Gasteiger partial charge >= 0.3 is 0 Å². The molecule has 5 heteroatoms. The molecule has 0 aliphatic carbocycles. The number of amides is 1. The van der Waals surface area contributed by atoms with Gasteiger partial charge in [0.05, 0.1) is 6.54 Å². The third-order valence-corrected chi connectivity index (χ3v) is 3.47. The van der Waals surface area contributed by atoms with E-state index in [1.54, 1.807) is 12.4 Å². The third-order valence-electron chi connectivity index (χ3n) is 3.21. The van der Waals surface area contributed by atoms with Gasteiger partial charge in [-0.05, 0) is 31.4 Å². The molecule has 1 aliphatic heterocycles. The van der Waals surface area contributed by atoms with Gasteiger partial charge in [-0.15, -0.1) is 11.6 Å². The summed E-state index contributed by atoms with van der Waals surface area (Å²) < 4.78 is 5.88. The minimum atomic E-state index is 0.0797. The Morgan fingerprint density at radius 3 is 3.00 bits per heavy atom. The Morgan fingerprint density at radius 1 is 1.47 bits per heavy atom. The number of carbonyl (C=O) groups excluding carboxylic acids is 1. The lowest BCUT2D eigenvalue weighted by molar-refractivity contribution is -0.133. The number of hydrogen-bond acceptors (Lipinski definition) is 3. The van der Waals surface area contributed by atoms with E-state index in [-0.39, 0.29) is 12.0 Å². The van der Waals surface area contributed by atoms with Gasteiger partial charge < -0.3 is 9.64 Å². The maximum absolute atomic E-state index is 12.0. The van der Waals surface area contributed by atoms with Gasteiger partial charge in [0.15, 0.2) is 0 Å². The number of pyridine rings is 1. The highest BCUT2D eigenvalue weighted by atomic mass is 35.5. The fourth-order valence-corrected chi connectivity index (χ4v) is 2.38. The van der Waals surface area contributed by atoms with E-state index < -0.39 is 0 Å². The van der Waals surface area contributed by atoms with Gasteiger partial charge in [0.2, 0.25) is 5.91 Å². The second-order valence-corrected chi connectivity index (χ2v) is 5.08. The predicted molar refractivity (Wildman–Crippen MR) is 74.4 cm³/mol. The highest BCUT2D eigenvalue weighted by Crippen LogP contribution is 2.18. The molecule has 1 aliphatic rings. The molecule has 0 spiro atoms. The van der Waals surface area contributed by atoms with Crippen molar-refractivity contribution in [1.82, 2.24) is 9.88 Å². The zero-order valence-electron chi connectivity index (χ0n) is 10.9. The highest BCUT2D eigenvalue weighted by molar-refractivity contribution is 6.17. The molecule has 0 N–H and O–H groups in total. The molecule has 1 unspecified atom stereocenters. The molecule has 0 aromatic carbocycles. The molecule has 19 heavy (non-hydrogen) atoms. The second-order valence-electron chi connectivity index (χ2n) is 4.70. The fraction of sp³-hybridized carbons (Fsp3) is 0.571. The van der Waals surface area contributed by atoms with Crippen LogP contribution in [0, 0.1) is 0 Å². The molecule has 1 atom stereocenters. The SMILES string of the molecule is O=C(CCCCl)N1CCCC(Oc2ccncc2)C1. The lowest BCUT2D eigenvalue weighted by Gasteiger charge is -2.33. The van der Waals surface area contributed by atoms with E-state index >= 15 is 0 Å². The number of ether oxygens (including phenoxy) is 1. The molecule has 2 rings (SSSR count). The van der Waals surface area contributed by atoms with E-state index in [4.69, 9.17) is 16.3 Å². The molecule has 4 nitrogen and oxygen atoms in total. The average Bonchev–Trinajstić information content (AvgIpc) is 2.46. The van der Waals surface area contributed by atoms with Crippen LogP contribution < -0.4 is 4.74 Å². The number of hydrogen-bond donors (Lipinski definition) is 0. The Morgan fingerprint density at radius 2 is 2.26 bits per heavy atom. The van der Waals surface area contributed by atoms with Crippen LogP contribution in [0.25, 0.3) is 0 Å². The number of halogens is 1. The van der Waals surface area contributed by atoms with Crippen molar-refractivity contribution < 1.29 is 9.53 Å². The van der Waals surface area contributed by atoms with Crippen molar-refractivity contribution in [3.8, 4) is 5.75 Å².